The van der Waals surface area contributed by atoms with Gasteiger partial charge in [0.25, 0.3) is 0 Å². The number of amides is 2. The summed E-state index contributed by atoms with van der Waals surface area (Å²) in [5.74, 6) is 1.19. The lowest BCUT2D eigenvalue weighted by atomic mass is 9.74. The lowest BCUT2D eigenvalue weighted by molar-refractivity contribution is -0.167. The summed E-state index contributed by atoms with van der Waals surface area (Å²) >= 11 is 0. The summed E-state index contributed by atoms with van der Waals surface area (Å²) in [6, 6.07) is 7.33. The Morgan fingerprint density at radius 2 is 2.00 bits per heavy atom. The molecule has 2 amide bonds. The van der Waals surface area contributed by atoms with Gasteiger partial charge in [-0.3, -0.25) is 9.59 Å². The number of carbonyl (C=O) groups excluding carboxylic acids is 2. The van der Waals surface area contributed by atoms with E-state index in [1.807, 2.05) is 29.2 Å². The molecule has 3 heterocycles. The maximum absolute atomic E-state index is 12.7. The molecule has 0 aliphatic carbocycles. The highest BCUT2D eigenvalue weighted by atomic mass is 16.5. The molecule has 3 aliphatic rings. The molecule has 3 fully saturated rings. The molecule has 0 radical (unpaired) electrons. The Morgan fingerprint density at radius 1 is 1.30 bits per heavy atom. The Hall–Kier alpha value is -2.04. The van der Waals surface area contributed by atoms with E-state index in [2.05, 4.69) is 19.2 Å². The van der Waals surface area contributed by atoms with Gasteiger partial charge in [0.05, 0.1) is 7.11 Å². The molecule has 3 aliphatic heterocycles. The van der Waals surface area contributed by atoms with Crippen LogP contribution in [0, 0.1) is 5.92 Å². The number of hydrogen-bond acceptors (Lipinski definition) is 3. The Morgan fingerprint density at radius 3 is 2.57 bits per heavy atom. The average molecular weight is 316 g/mol. The van der Waals surface area contributed by atoms with E-state index in [4.69, 9.17) is 4.74 Å². The third kappa shape index (κ3) is 2.69. The van der Waals surface area contributed by atoms with Gasteiger partial charge in [-0.25, -0.2) is 0 Å². The summed E-state index contributed by atoms with van der Waals surface area (Å²) in [7, 11) is 1.63. The van der Waals surface area contributed by atoms with E-state index in [1.165, 1.54) is 0 Å². The lowest BCUT2D eigenvalue weighted by Gasteiger charge is -2.53. The van der Waals surface area contributed by atoms with Crippen LogP contribution in [0.4, 0.5) is 0 Å². The number of nitrogens with zero attached hydrogens (tertiary/aromatic N) is 1. The molecule has 1 aromatic carbocycles. The first-order chi connectivity index (χ1) is 11.0. The maximum atomic E-state index is 12.7. The molecule has 5 nitrogen and oxygen atoms in total. The standard InChI is InChI=1S/C18H24N2O3/c1-12(2)10-18-9-8-15(19-17(18)22)16(21)20(18)11-13-4-6-14(23-3)7-5-13/h4-7,12,15H,8-11H2,1-3H3,(H,19,22). The second-order valence-electron chi connectivity index (χ2n) is 6.97. The van der Waals surface area contributed by atoms with Crippen molar-refractivity contribution in [2.45, 2.75) is 51.2 Å². The zero-order valence-corrected chi connectivity index (χ0v) is 14.0. The number of ether oxygens (including phenoxy) is 1. The van der Waals surface area contributed by atoms with Crippen molar-refractivity contribution in [3.8, 4) is 5.75 Å². The van der Waals surface area contributed by atoms with Crippen LogP contribution < -0.4 is 10.1 Å². The van der Waals surface area contributed by atoms with Gasteiger partial charge in [-0.1, -0.05) is 26.0 Å². The number of nitrogens with one attached hydrogen (secondary N) is 1. The van der Waals surface area contributed by atoms with Crippen LogP contribution in [-0.4, -0.2) is 35.4 Å². The maximum Gasteiger partial charge on any atom is 0.246 e. The van der Waals surface area contributed by atoms with Gasteiger partial charge in [-0.05, 0) is 42.9 Å². The topological polar surface area (TPSA) is 58.6 Å². The molecule has 1 N–H and O–H groups in total. The molecule has 2 bridgehead atoms. The monoisotopic (exact) mass is 316 g/mol. The quantitative estimate of drug-likeness (QED) is 0.905. The van der Waals surface area contributed by atoms with Crippen molar-refractivity contribution in [3.63, 3.8) is 0 Å². The highest BCUT2D eigenvalue weighted by Gasteiger charge is 2.56. The highest BCUT2D eigenvalue weighted by molar-refractivity contribution is 6.01. The van der Waals surface area contributed by atoms with Crippen molar-refractivity contribution in [2.75, 3.05) is 7.11 Å². The van der Waals surface area contributed by atoms with Crippen molar-refractivity contribution in [1.82, 2.24) is 10.2 Å². The lowest BCUT2D eigenvalue weighted by Crippen LogP contribution is -2.74. The molecule has 5 heteroatoms. The second kappa shape index (κ2) is 5.87. The summed E-state index contributed by atoms with van der Waals surface area (Å²) in [6.07, 6.45) is 2.20. The Labute approximate surface area is 137 Å². The molecule has 124 valence electrons. The van der Waals surface area contributed by atoms with Gasteiger partial charge in [-0.15, -0.1) is 0 Å². The van der Waals surface area contributed by atoms with Crippen molar-refractivity contribution in [3.05, 3.63) is 29.8 Å². The third-order valence-corrected chi connectivity index (χ3v) is 4.90. The Balaban J connectivity index is 1.90. The smallest absolute Gasteiger partial charge is 0.246 e. The fourth-order valence-electron chi connectivity index (χ4n) is 3.83. The van der Waals surface area contributed by atoms with Crippen LogP contribution >= 0.6 is 0 Å². The minimum atomic E-state index is -0.695. The van der Waals surface area contributed by atoms with Gasteiger partial charge < -0.3 is 15.0 Å². The van der Waals surface area contributed by atoms with Gasteiger partial charge >= 0.3 is 0 Å². The zero-order chi connectivity index (χ0) is 16.6. The van der Waals surface area contributed by atoms with Gasteiger partial charge in [0.1, 0.15) is 17.3 Å². The van der Waals surface area contributed by atoms with E-state index < -0.39 is 5.54 Å². The fourth-order valence-corrected chi connectivity index (χ4v) is 3.83. The predicted molar refractivity (Wildman–Crippen MR) is 86.9 cm³/mol. The number of fused-ring (bicyclic) bond motifs is 3. The van der Waals surface area contributed by atoms with Gasteiger partial charge in [-0.2, -0.15) is 0 Å². The zero-order valence-electron chi connectivity index (χ0n) is 14.0. The normalized spacial score (nSPS) is 26.6. The molecule has 0 spiro atoms. The number of rotatable bonds is 5. The van der Waals surface area contributed by atoms with E-state index >= 15 is 0 Å². The van der Waals surface area contributed by atoms with Crippen LogP contribution in [0.3, 0.4) is 0 Å². The summed E-state index contributed by atoms with van der Waals surface area (Å²) in [5.41, 5.74) is 0.322. The molecule has 23 heavy (non-hydrogen) atoms. The number of hydrogen-bond donors (Lipinski definition) is 1. The van der Waals surface area contributed by atoms with E-state index in [9.17, 15) is 9.59 Å². The minimum Gasteiger partial charge on any atom is -0.497 e. The SMILES string of the molecule is COc1ccc(CN2C(=O)C3CCC2(CC(C)C)C(=O)N3)cc1. The van der Waals surface area contributed by atoms with Crippen molar-refractivity contribution in [1.29, 1.82) is 0 Å². The van der Waals surface area contributed by atoms with Crippen molar-refractivity contribution >= 4 is 11.8 Å². The molecular weight excluding hydrogens is 292 g/mol. The number of carbonyl (C=O) groups is 2. The van der Waals surface area contributed by atoms with E-state index in [-0.39, 0.29) is 17.9 Å². The molecule has 2 atom stereocenters. The molecule has 2 unspecified atom stereocenters. The van der Waals surface area contributed by atoms with Gasteiger partial charge in [0.15, 0.2) is 0 Å². The molecule has 3 saturated heterocycles. The van der Waals surface area contributed by atoms with E-state index in [0.29, 0.717) is 18.9 Å². The number of benzene rings is 1. The van der Waals surface area contributed by atoms with Crippen LogP contribution in [0.2, 0.25) is 0 Å². The van der Waals surface area contributed by atoms with Crippen LogP contribution in [0.5, 0.6) is 5.75 Å². The van der Waals surface area contributed by atoms with Crippen molar-refractivity contribution in [2.24, 2.45) is 5.92 Å². The number of piperazine rings is 1. The molecule has 0 aromatic heterocycles. The minimum absolute atomic E-state index is 0.00978. The molecule has 4 rings (SSSR count). The summed E-state index contributed by atoms with van der Waals surface area (Å²) < 4.78 is 5.17. The first kappa shape index (κ1) is 15.8. The summed E-state index contributed by atoms with van der Waals surface area (Å²) in [6.45, 7) is 4.66. The third-order valence-electron chi connectivity index (χ3n) is 4.90. The average Bonchev–Trinajstić information content (AvgIpc) is 2.53. The van der Waals surface area contributed by atoms with Crippen LogP contribution in [-0.2, 0) is 16.1 Å². The number of piperidine rings is 2. The van der Waals surface area contributed by atoms with Gasteiger partial charge in [0, 0.05) is 6.54 Å². The Kier molecular flexibility index (Phi) is 4.04. The summed E-state index contributed by atoms with van der Waals surface area (Å²) in [4.78, 5) is 27.2. The van der Waals surface area contributed by atoms with E-state index in [1.54, 1.807) is 7.11 Å². The summed E-state index contributed by atoms with van der Waals surface area (Å²) in [5, 5.41) is 2.90. The number of methoxy groups -OCH3 is 1. The molecular formula is C18H24N2O3. The molecule has 1 aromatic rings. The first-order valence-corrected chi connectivity index (χ1v) is 8.21. The highest BCUT2D eigenvalue weighted by Crippen LogP contribution is 2.40. The Bertz CT molecular complexity index is 611. The second-order valence-corrected chi connectivity index (χ2v) is 6.97. The van der Waals surface area contributed by atoms with Crippen LogP contribution in [0.25, 0.3) is 0 Å². The molecule has 0 saturated carbocycles. The fraction of sp³-hybridized carbons (Fsp3) is 0.556. The van der Waals surface area contributed by atoms with Crippen LogP contribution in [0.15, 0.2) is 24.3 Å². The predicted octanol–water partition coefficient (Wildman–Crippen LogP) is 2.10. The van der Waals surface area contributed by atoms with Crippen molar-refractivity contribution < 1.29 is 14.3 Å². The van der Waals surface area contributed by atoms with Crippen LogP contribution in [0.1, 0.15) is 38.7 Å². The largest absolute Gasteiger partial charge is 0.497 e. The van der Waals surface area contributed by atoms with E-state index in [0.717, 1.165) is 24.2 Å². The first-order valence-electron chi connectivity index (χ1n) is 8.21. The van der Waals surface area contributed by atoms with Gasteiger partial charge in [0.2, 0.25) is 11.8 Å².